The molecule has 1 aliphatic carbocycles. The summed E-state index contributed by atoms with van der Waals surface area (Å²) in [6, 6.07) is 0.222. The molecule has 0 aromatic carbocycles. The lowest BCUT2D eigenvalue weighted by Gasteiger charge is -2.25. The van der Waals surface area contributed by atoms with Crippen LogP contribution in [0, 0.1) is 11.8 Å². The Hall–Kier alpha value is -1.03. The first-order valence-corrected chi connectivity index (χ1v) is 7.87. The monoisotopic (exact) mass is 297 g/mol. The SMILES string of the molecule is CC(C)CC(C)Nc1c(Cl)cnn(CC2CCC2)c1=O. The van der Waals surface area contributed by atoms with Crippen molar-refractivity contribution in [3.05, 3.63) is 21.6 Å². The van der Waals surface area contributed by atoms with E-state index in [2.05, 4.69) is 31.2 Å². The second kappa shape index (κ2) is 6.61. The van der Waals surface area contributed by atoms with Crippen LogP contribution in [0.15, 0.2) is 11.0 Å². The van der Waals surface area contributed by atoms with E-state index in [9.17, 15) is 4.79 Å². The summed E-state index contributed by atoms with van der Waals surface area (Å²) >= 11 is 6.13. The normalized spacial score (nSPS) is 17.1. The maximum absolute atomic E-state index is 12.4. The van der Waals surface area contributed by atoms with Crippen molar-refractivity contribution in [1.29, 1.82) is 0 Å². The molecule has 1 N–H and O–H groups in total. The number of nitrogens with one attached hydrogen (secondary N) is 1. The maximum Gasteiger partial charge on any atom is 0.291 e. The average Bonchev–Trinajstić information content (AvgIpc) is 2.30. The molecule has 0 amide bonds. The van der Waals surface area contributed by atoms with Crippen molar-refractivity contribution in [2.45, 2.75) is 59.0 Å². The molecule has 1 saturated carbocycles. The third kappa shape index (κ3) is 3.75. The van der Waals surface area contributed by atoms with Gasteiger partial charge in [-0.25, -0.2) is 4.68 Å². The molecular weight excluding hydrogens is 274 g/mol. The highest BCUT2D eigenvalue weighted by Gasteiger charge is 2.20. The molecule has 20 heavy (non-hydrogen) atoms. The van der Waals surface area contributed by atoms with Crippen LogP contribution in [0.1, 0.15) is 46.5 Å². The van der Waals surface area contributed by atoms with Gasteiger partial charge in [0, 0.05) is 12.6 Å². The Morgan fingerprint density at radius 3 is 2.70 bits per heavy atom. The highest BCUT2D eigenvalue weighted by Crippen LogP contribution is 2.27. The van der Waals surface area contributed by atoms with E-state index < -0.39 is 0 Å². The van der Waals surface area contributed by atoms with Crippen molar-refractivity contribution in [3.8, 4) is 0 Å². The molecule has 1 aliphatic rings. The topological polar surface area (TPSA) is 46.9 Å². The minimum Gasteiger partial charge on any atom is -0.377 e. The fourth-order valence-corrected chi connectivity index (χ4v) is 2.84. The minimum atomic E-state index is -0.0972. The summed E-state index contributed by atoms with van der Waals surface area (Å²) in [6.45, 7) is 7.12. The third-order valence-electron chi connectivity index (χ3n) is 3.87. The molecule has 4 nitrogen and oxygen atoms in total. The van der Waals surface area contributed by atoms with Crippen LogP contribution in [0.3, 0.4) is 0 Å². The number of aromatic nitrogens is 2. The molecule has 1 atom stereocenters. The second-order valence-corrected chi connectivity index (χ2v) is 6.73. The molecule has 1 fully saturated rings. The van der Waals surface area contributed by atoms with Crippen LogP contribution >= 0.6 is 11.6 Å². The number of anilines is 1. The van der Waals surface area contributed by atoms with Crippen molar-refractivity contribution >= 4 is 17.3 Å². The van der Waals surface area contributed by atoms with Gasteiger partial charge in [0.2, 0.25) is 0 Å². The molecule has 5 heteroatoms. The second-order valence-electron chi connectivity index (χ2n) is 6.33. The molecule has 0 spiro atoms. The van der Waals surface area contributed by atoms with E-state index in [1.807, 2.05) is 0 Å². The number of nitrogens with zero attached hydrogens (tertiary/aromatic N) is 2. The Balaban J connectivity index is 2.14. The molecule has 2 rings (SSSR count). The quantitative estimate of drug-likeness (QED) is 0.873. The van der Waals surface area contributed by atoms with Crippen LogP contribution in [0.2, 0.25) is 5.02 Å². The van der Waals surface area contributed by atoms with Gasteiger partial charge < -0.3 is 5.32 Å². The van der Waals surface area contributed by atoms with Gasteiger partial charge >= 0.3 is 0 Å². The third-order valence-corrected chi connectivity index (χ3v) is 4.16. The van der Waals surface area contributed by atoms with Crippen molar-refractivity contribution in [1.82, 2.24) is 9.78 Å². The zero-order chi connectivity index (χ0) is 14.7. The first-order valence-electron chi connectivity index (χ1n) is 7.49. The zero-order valence-electron chi connectivity index (χ0n) is 12.5. The smallest absolute Gasteiger partial charge is 0.291 e. The summed E-state index contributed by atoms with van der Waals surface area (Å²) in [5, 5.41) is 7.83. The zero-order valence-corrected chi connectivity index (χ0v) is 13.3. The lowest BCUT2D eigenvalue weighted by molar-refractivity contribution is 0.262. The van der Waals surface area contributed by atoms with E-state index in [0.29, 0.717) is 29.1 Å². The minimum absolute atomic E-state index is 0.0972. The van der Waals surface area contributed by atoms with Gasteiger partial charge in [-0.15, -0.1) is 0 Å². The average molecular weight is 298 g/mol. The van der Waals surface area contributed by atoms with Gasteiger partial charge in [-0.3, -0.25) is 4.79 Å². The number of hydrogen-bond acceptors (Lipinski definition) is 3. The summed E-state index contributed by atoms with van der Waals surface area (Å²) in [6.07, 6.45) is 6.24. The lowest BCUT2D eigenvalue weighted by Crippen LogP contribution is -2.32. The van der Waals surface area contributed by atoms with Crippen molar-refractivity contribution in [3.63, 3.8) is 0 Å². The fraction of sp³-hybridized carbons (Fsp3) is 0.733. The van der Waals surface area contributed by atoms with Gasteiger partial charge in [0.05, 0.1) is 11.2 Å². The Bertz CT molecular complexity index is 508. The van der Waals surface area contributed by atoms with E-state index in [0.717, 1.165) is 6.42 Å². The van der Waals surface area contributed by atoms with Crippen LogP contribution in [-0.2, 0) is 6.54 Å². The van der Waals surface area contributed by atoms with Crippen LogP contribution in [0.4, 0.5) is 5.69 Å². The first-order chi connectivity index (χ1) is 9.47. The molecule has 1 heterocycles. The molecular formula is C15H24ClN3O. The number of hydrogen-bond donors (Lipinski definition) is 1. The maximum atomic E-state index is 12.4. The van der Waals surface area contributed by atoms with Crippen molar-refractivity contribution in [2.75, 3.05) is 5.32 Å². The summed E-state index contributed by atoms with van der Waals surface area (Å²) in [5.74, 6) is 1.18. The van der Waals surface area contributed by atoms with Crippen LogP contribution in [-0.4, -0.2) is 15.8 Å². The Kier molecular flexibility index (Phi) is 5.08. The molecule has 1 aromatic rings. The van der Waals surface area contributed by atoms with Gasteiger partial charge in [-0.1, -0.05) is 31.9 Å². The predicted molar refractivity (Wildman–Crippen MR) is 83.4 cm³/mol. The predicted octanol–water partition coefficient (Wildman–Crippen LogP) is 3.54. The Morgan fingerprint density at radius 2 is 2.15 bits per heavy atom. The Labute approximate surface area is 125 Å². The van der Waals surface area contributed by atoms with E-state index in [-0.39, 0.29) is 11.6 Å². The van der Waals surface area contributed by atoms with Gasteiger partial charge in [0.1, 0.15) is 5.69 Å². The van der Waals surface area contributed by atoms with Crippen LogP contribution in [0.25, 0.3) is 0 Å². The van der Waals surface area contributed by atoms with Crippen LogP contribution < -0.4 is 10.9 Å². The molecule has 1 unspecified atom stereocenters. The van der Waals surface area contributed by atoms with Gasteiger partial charge in [0.15, 0.2) is 0 Å². The largest absolute Gasteiger partial charge is 0.377 e. The Morgan fingerprint density at radius 1 is 1.45 bits per heavy atom. The summed E-state index contributed by atoms with van der Waals surface area (Å²) in [5.41, 5.74) is 0.397. The van der Waals surface area contributed by atoms with E-state index in [1.165, 1.54) is 19.3 Å². The van der Waals surface area contributed by atoms with Gasteiger partial charge in [-0.2, -0.15) is 5.10 Å². The van der Waals surface area contributed by atoms with Crippen molar-refractivity contribution < 1.29 is 0 Å². The summed E-state index contributed by atoms with van der Waals surface area (Å²) < 4.78 is 1.56. The number of rotatable bonds is 6. The van der Waals surface area contributed by atoms with Crippen molar-refractivity contribution in [2.24, 2.45) is 11.8 Å². The summed E-state index contributed by atoms with van der Waals surface area (Å²) in [4.78, 5) is 12.4. The molecule has 0 aliphatic heterocycles. The van der Waals surface area contributed by atoms with Gasteiger partial charge in [-0.05, 0) is 38.0 Å². The fourth-order valence-electron chi connectivity index (χ4n) is 2.66. The molecule has 0 saturated heterocycles. The highest BCUT2D eigenvalue weighted by molar-refractivity contribution is 6.33. The first kappa shape index (κ1) is 15.4. The number of halogens is 1. The highest BCUT2D eigenvalue weighted by atomic mass is 35.5. The van der Waals surface area contributed by atoms with E-state index >= 15 is 0 Å². The standard InChI is InChI=1S/C15H24ClN3O/c1-10(2)7-11(3)18-14-13(16)8-17-19(15(14)20)9-12-5-4-6-12/h8,10-12,18H,4-7,9H2,1-3H3. The van der Waals surface area contributed by atoms with Gasteiger partial charge in [0.25, 0.3) is 5.56 Å². The summed E-state index contributed by atoms with van der Waals surface area (Å²) in [7, 11) is 0. The molecule has 0 bridgehead atoms. The molecule has 1 aromatic heterocycles. The van der Waals surface area contributed by atoms with E-state index in [1.54, 1.807) is 10.9 Å². The molecule has 112 valence electrons. The van der Waals surface area contributed by atoms with E-state index in [4.69, 9.17) is 11.6 Å². The molecule has 0 radical (unpaired) electrons. The van der Waals surface area contributed by atoms with Crippen LogP contribution in [0.5, 0.6) is 0 Å². The lowest BCUT2D eigenvalue weighted by atomic mass is 9.85.